The van der Waals surface area contributed by atoms with Gasteiger partial charge in [-0.05, 0) is 143 Å². The lowest BCUT2D eigenvalue weighted by atomic mass is 9.73. The summed E-state index contributed by atoms with van der Waals surface area (Å²) in [5, 5.41) is 39.6. The van der Waals surface area contributed by atoms with E-state index in [1.165, 1.54) is 33.6 Å². The average Bonchev–Trinajstić information content (AvgIpc) is 3.27. The molecule has 314 valence electrons. The van der Waals surface area contributed by atoms with Crippen LogP contribution in [0.15, 0.2) is 114 Å². The van der Waals surface area contributed by atoms with Crippen molar-refractivity contribution in [1.29, 1.82) is 21.0 Å². The van der Waals surface area contributed by atoms with Crippen LogP contribution in [0.2, 0.25) is 0 Å². The minimum atomic E-state index is 0.0459. The zero-order chi connectivity index (χ0) is 44.3. The Labute approximate surface area is 375 Å². The molecule has 0 fully saturated rings. The van der Waals surface area contributed by atoms with Crippen LogP contribution in [0, 0.1) is 56.2 Å². The number of hydrogen-bond acceptors (Lipinski definition) is 8. The number of aryl methyl sites for hydroxylation is 1. The van der Waals surface area contributed by atoms with Crippen molar-refractivity contribution in [2.45, 2.75) is 65.7 Å². The Hall–Kier alpha value is -7.52. The predicted octanol–water partition coefficient (Wildman–Crippen LogP) is 11.3. The quantitative estimate of drug-likeness (QED) is 0.182. The number of fused-ring (bicyclic) bond motifs is 2. The van der Waals surface area contributed by atoms with Crippen molar-refractivity contribution in [1.82, 2.24) is 0 Å². The maximum atomic E-state index is 10.1. The summed E-state index contributed by atoms with van der Waals surface area (Å²) in [4.78, 5) is 5.13. The Balaban J connectivity index is 0.947. The van der Waals surface area contributed by atoms with E-state index in [1.807, 2.05) is 60.7 Å². The van der Waals surface area contributed by atoms with Crippen LogP contribution in [0.1, 0.15) is 90.1 Å². The number of rotatable bonds is 5. The lowest BCUT2D eigenvalue weighted by Crippen LogP contribution is -2.48. The second-order valence-electron chi connectivity index (χ2n) is 19.6. The second kappa shape index (κ2) is 15.7. The van der Waals surface area contributed by atoms with Crippen molar-refractivity contribution in [3.05, 3.63) is 164 Å². The maximum absolute atomic E-state index is 10.1. The molecule has 0 aromatic heterocycles. The van der Waals surface area contributed by atoms with Crippen molar-refractivity contribution in [3.63, 3.8) is 0 Å². The molecule has 1 unspecified atom stereocenters. The Morgan fingerprint density at radius 2 is 1.17 bits per heavy atom. The SMILES string of the molecule is CC1(C)Cc2cc(/C=C/C3=CC(=C(C#N)C#N)c4ccc(C5Cc6cc(/C=C/C7=CC(=C(C#N)C#N)c8ccccc8O7)cc7c6N(CCC7)C5)cc4O3)cc3c2N(C1)CC(C)(C)C3. The Morgan fingerprint density at radius 1 is 0.625 bits per heavy atom. The van der Waals surface area contributed by atoms with Gasteiger partial charge in [-0.1, -0.05) is 70.2 Å². The molecule has 6 aliphatic rings. The highest BCUT2D eigenvalue weighted by atomic mass is 16.5. The summed E-state index contributed by atoms with van der Waals surface area (Å²) in [6, 6.07) is 31.3. The molecule has 6 heterocycles. The molecular weight excluding hydrogens is 789 g/mol. The summed E-state index contributed by atoms with van der Waals surface area (Å²) < 4.78 is 12.9. The van der Waals surface area contributed by atoms with E-state index in [9.17, 15) is 21.0 Å². The molecular formula is C56H48N6O2. The van der Waals surface area contributed by atoms with Gasteiger partial charge in [0.25, 0.3) is 0 Å². The van der Waals surface area contributed by atoms with Crippen molar-refractivity contribution >= 4 is 34.7 Å². The fourth-order valence-corrected chi connectivity index (χ4v) is 11.0. The summed E-state index contributed by atoms with van der Waals surface area (Å²) in [5.74, 6) is 2.57. The second-order valence-corrected chi connectivity index (χ2v) is 19.6. The first kappa shape index (κ1) is 40.5. The van der Waals surface area contributed by atoms with Crippen LogP contribution < -0.4 is 19.3 Å². The Bertz CT molecular complexity index is 2980. The van der Waals surface area contributed by atoms with Gasteiger partial charge in [0.15, 0.2) is 0 Å². The van der Waals surface area contributed by atoms with E-state index in [0.29, 0.717) is 34.2 Å². The van der Waals surface area contributed by atoms with Crippen molar-refractivity contribution < 1.29 is 9.47 Å². The van der Waals surface area contributed by atoms with Gasteiger partial charge in [-0.15, -0.1) is 0 Å². The fourth-order valence-electron chi connectivity index (χ4n) is 11.0. The largest absolute Gasteiger partial charge is 0.457 e. The van der Waals surface area contributed by atoms with Crippen LogP contribution in [-0.4, -0.2) is 26.2 Å². The van der Waals surface area contributed by atoms with Gasteiger partial charge < -0.3 is 19.3 Å². The van der Waals surface area contributed by atoms with Gasteiger partial charge in [0.05, 0.1) is 0 Å². The Morgan fingerprint density at radius 3 is 1.80 bits per heavy atom. The predicted molar refractivity (Wildman–Crippen MR) is 252 cm³/mol. The number of benzene rings is 4. The molecule has 0 radical (unpaired) electrons. The first-order chi connectivity index (χ1) is 30.9. The number of allylic oxidation sites excluding steroid dienone is 8. The van der Waals surface area contributed by atoms with Gasteiger partial charge in [0, 0.05) is 65.7 Å². The molecule has 0 amide bonds. The molecule has 0 spiro atoms. The van der Waals surface area contributed by atoms with E-state index in [-0.39, 0.29) is 27.9 Å². The molecule has 64 heavy (non-hydrogen) atoms. The summed E-state index contributed by atoms with van der Waals surface area (Å²) in [6.07, 6.45) is 16.6. The third kappa shape index (κ3) is 7.46. The zero-order valence-electron chi connectivity index (χ0n) is 36.8. The first-order valence-corrected chi connectivity index (χ1v) is 22.2. The number of nitriles is 4. The highest BCUT2D eigenvalue weighted by Gasteiger charge is 2.39. The van der Waals surface area contributed by atoms with Crippen molar-refractivity contribution in [3.8, 4) is 35.8 Å². The van der Waals surface area contributed by atoms with Gasteiger partial charge in [-0.3, -0.25) is 0 Å². The number of nitrogens with zero attached hydrogens (tertiary/aromatic N) is 6. The van der Waals surface area contributed by atoms with E-state index < -0.39 is 0 Å². The molecule has 0 aliphatic carbocycles. The highest BCUT2D eigenvalue weighted by molar-refractivity contribution is 5.88. The van der Waals surface area contributed by atoms with Gasteiger partial charge in [-0.2, -0.15) is 21.0 Å². The van der Waals surface area contributed by atoms with Crippen LogP contribution in [-0.2, 0) is 25.7 Å². The lowest BCUT2D eigenvalue weighted by Gasteiger charge is -2.48. The van der Waals surface area contributed by atoms with E-state index in [0.717, 1.165) is 86.1 Å². The molecule has 8 nitrogen and oxygen atoms in total. The Kier molecular flexibility index (Phi) is 9.93. The van der Waals surface area contributed by atoms with Crippen LogP contribution in [0.3, 0.4) is 0 Å². The molecule has 8 heteroatoms. The molecule has 4 aromatic carbocycles. The smallest absolute Gasteiger partial charge is 0.137 e. The summed E-state index contributed by atoms with van der Waals surface area (Å²) in [5.41, 5.74) is 14.5. The van der Waals surface area contributed by atoms with Gasteiger partial charge in [0.2, 0.25) is 0 Å². The average molecular weight is 837 g/mol. The maximum Gasteiger partial charge on any atom is 0.137 e. The third-order valence-electron chi connectivity index (χ3n) is 13.4. The summed E-state index contributed by atoms with van der Waals surface area (Å²) in [6.45, 7) is 13.4. The van der Waals surface area contributed by atoms with Crippen LogP contribution in [0.4, 0.5) is 11.4 Å². The first-order valence-electron chi connectivity index (χ1n) is 22.2. The van der Waals surface area contributed by atoms with Crippen molar-refractivity contribution in [2.75, 3.05) is 36.0 Å². The molecule has 0 saturated heterocycles. The van der Waals surface area contributed by atoms with Gasteiger partial charge in [-0.25, -0.2) is 0 Å². The van der Waals surface area contributed by atoms with Crippen LogP contribution in [0.5, 0.6) is 11.5 Å². The van der Waals surface area contributed by atoms with Crippen molar-refractivity contribution in [2.24, 2.45) is 10.8 Å². The number of ether oxygens (including phenoxy) is 2. The van der Waals surface area contributed by atoms with Gasteiger partial charge in [0.1, 0.15) is 58.4 Å². The van der Waals surface area contributed by atoms with Crippen LogP contribution >= 0.6 is 0 Å². The van der Waals surface area contributed by atoms with E-state index in [1.54, 1.807) is 6.08 Å². The normalized spacial score (nSPS) is 19.5. The van der Waals surface area contributed by atoms with Crippen LogP contribution in [0.25, 0.3) is 23.3 Å². The van der Waals surface area contributed by atoms with Gasteiger partial charge >= 0.3 is 0 Å². The molecule has 0 bridgehead atoms. The molecule has 0 saturated carbocycles. The molecule has 0 N–H and O–H groups in total. The van der Waals surface area contributed by atoms with E-state index in [4.69, 9.17) is 9.47 Å². The number of hydrogen-bond donors (Lipinski definition) is 0. The lowest BCUT2D eigenvalue weighted by molar-refractivity contribution is 0.289. The minimum Gasteiger partial charge on any atom is -0.457 e. The monoisotopic (exact) mass is 836 g/mol. The number of anilines is 2. The summed E-state index contributed by atoms with van der Waals surface area (Å²) in [7, 11) is 0. The van der Waals surface area contributed by atoms with E-state index >= 15 is 0 Å². The molecule has 4 aromatic rings. The molecule has 6 aliphatic heterocycles. The molecule has 1 atom stereocenters. The fraction of sp³-hybridized carbons (Fsp3) is 0.286. The summed E-state index contributed by atoms with van der Waals surface area (Å²) >= 11 is 0. The number of para-hydroxylation sites is 1. The van der Waals surface area contributed by atoms with E-state index in [2.05, 4.69) is 98.2 Å². The third-order valence-corrected chi connectivity index (χ3v) is 13.4. The topological polar surface area (TPSA) is 120 Å². The molecule has 10 rings (SSSR count). The zero-order valence-corrected chi connectivity index (χ0v) is 36.8. The minimum absolute atomic E-state index is 0.0459. The highest BCUT2D eigenvalue weighted by Crippen LogP contribution is 2.47. The standard InChI is InChI=1S/C56H48N6O2/c1-55(2)26-40-20-36(21-41-27-56(3,4)34-62(33-55)54(40)41)12-15-46-25-50(44(30-59)31-60)48-16-13-37(23-52(48)64-46)42-22-39-19-35(18-38-8-7-17-61(32-42)53(38)39)11-14-45-24-49(43(28-57)29-58)47-9-5-6-10-51(47)63-45/h5-6,9-16,18-21,23-25,42H,7-8,17,22,26-27,32-34H2,1-4H3/b14-11+,15-12+.